The Bertz CT molecular complexity index is 1010. The first-order valence-corrected chi connectivity index (χ1v) is 9.11. The predicted molar refractivity (Wildman–Crippen MR) is 117 cm³/mol. The molecule has 6 heteroatoms. The van der Waals surface area contributed by atoms with Crippen LogP contribution >= 0.6 is 0 Å². The fraction of sp³-hybridized carbons (Fsp3) is 0.0870. The van der Waals surface area contributed by atoms with E-state index in [0.717, 1.165) is 11.3 Å². The molecular formula is C23H22N4O2. The van der Waals surface area contributed by atoms with Gasteiger partial charge in [0.1, 0.15) is 0 Å². The van der Waals surface area contributed by atoms with Gasteiger partial charge in [0, 0.05) is 25.3 Å². The van der Waals surface area contributed by atoms with E-state index in [9.17, 15) is 9.59 Å². The summed E-state index contributed by atoms with van der Waals surface area (Å²) < 4.78 is 0. The van der Waals surface area contributed by atoms with E-state index < -0.39 is 5.91 Å². The van der Waals surface area contributed by atoms with Crippen LogP contribution in [0, 0.1) is 0 Å². The minimum atomic E-state index is -0.407. The fourth-order valence-corrected chi connectivity index (χ4v) is 2.66. The van der Waals surface area contributed by atoms with Crippen molar-refractivity contribution in [3.63, 3.8) is 0 Å². The zero-order valence-electron chi connectivity index (χ0n) is 16.3. The number of anilines is 2. The van der Waals surface area contributed by atoms with Crippen molar-refractivity contribution in [2.45, 2.75) is 0 Å². The summed E-state index contributed by atoms with van der Waals surface area (Å²) in [5.74, 6) is -0.689. The number of amides is 2. The minimum absolute atomic E-state index is 0.282. The molecule has 0 saturated heterocycles. The van der Waals surface area contributed by atoms with Gasteiger partial charge in [0.15, 0.2) is 0 Å². The van der Waals surface area contributed by atoms with Gasteiger partial charge < -0.3 is 10.2 Å². The van der Waals surface area contributed by atoms with Crippen LogP contribution in [0.25, 0.3) is 0 Å². The van der Waals surface area contributed by atoms with Gasteiger partial charge in [-0.05, 0) is 42.0 Å². The van der Waals surface area contributed by atoms with Crippen molar-refractivity contribution in [2.24, 2.45) is 5.10 Å². The molecule has 0 aliphatic heterocycles. The van der Waals surface area contributed by atoms with Gasteiger partial charge >= 0.3 is 0 Å². The van der Waals surface area contributed by atoms with Crippen LogP contribution in [-0.2, 0) is 0 Å². The Balaban J connectivity index is 1.67. The highest BCUT2D eigenvalue weighted by molar-refractivity contribution is 6.09. The fourth-order valence-electron chi connectivity index (χ4n) is 2.66. The second-order valence-electron chi connectivity index (χ2n) is 6.55. The molecule has 2 N–H and O–H groups in total. The zero-order chi connectivity index (χ0) is 20.6. The zero-order valence-corrected chi connectivity index (χ0v) is 16.3. The van der Waals surface area contributed by atoms with Crippen LogP contribution < -0.4 is 15.6 Å². The molecule has 0 unspecified atom stereocenters. The van der Waals surface area contributed by atoms with Gasteiger partial charge in [-0.2, -0.15) is 5.10 Å². The Morgan fingerprint density at radius 2 is 1.48 bits per heavy atom. The van der Waals surface area contributed by atoms with Crippen molar-refractivity contribution < 1.29 is 9.59 Å². The molecule has 0 aliphatic carbocycles. The number of hydrazone groups is 1. The number of carbonyl (C=O) groups excluding carboxylic acids is 2. The van der Waals surface area contributed by atoms with E-state index in [1.54, 1.807) is 54.7 Å². The van der Waals surface area contributed by atoms with Crippen LogP contribution in [0.15, 0.2) is 84.0 Å². The predicted octanol–water partition coefficient (Wildman–Crippen LogP) is 3.77. The molecule has 0 aliphatic rings. The first-order chi connectivity index (χ1) is 14.0. The Kier molecular flexibility index (Phi) is 6.37. The summed E-state index contributed by atoms with van der Waals surface area (Å²) in [6, 6.07) is 23.4. The summed E-state index contributed by atoms with van der Waals surface area (Å²) >= 11 is 0. The molecule has 0 spiro atoms. The lowest BCUT2D eigenvalue weighted by Crippen LogP contribution is -2.21. The Morgan fingerprint density at radius 1 is 0.828 bits per heavy atom. The molecule has 3 rings (SSSR count). The molecule has 146 valence electrons. The molecule has 29 heavy (non-hydrogen) atoms. The topological polar surface area (TPSA) is 73.8 Å². The first-order valence-electron chi connectivity index (χ1n) is 9.11. The third-order valence-electron chi connectivity index (χ3n) is 4.25. The van der Waals surface area contributed by atoms with Crippen molar-refractivity contribution in [3.05, 3.63) is 95.6 Å². The molecule has 0 fully saturated rings. The van der Waals surface area contributed by atoms with Crippen molar-refractivity contribution in [1.29, 1.82) is 0 Å². The summed E-state index contributed by atoms with van der Waals surface area (Å²) in [6.45, 7) is 0. The van der Waals surface area contributed by atoms with Crippen LogP contribution in [0.1, 0.15) is 26.3 Å². The van der Waals surface area contributed by atoms with Crippen LogP contribution in [0.5, 0.6) is 0 Å². The average molecular weight is 386 g/mol. The molecule has 0 heterocycles. The largest absolute Gasteiger partial charge is 0.378 e. The van der Waals surface area contributed by atoms with E-state index in [2.05, 4.69) is 15.8 Å². The molecule has 0 bridgehead atoms. The number of nitrogens with one attached hydrogen (secondary N) is 2. The number of carbonyl (C=O) groups is 2. The summed E-state index contributed by atoms with van der Waals surface area (Å²) in [7, 11) is 3.94. The smallest absolute Gasteiger partial charge is 0.273 e. The average Bonchev–Trinajstić information content (AvgIpc) is 2.75. The highest BCUT2D eigenvalue weighted by atomic mass is 16.2. The molecular weight excluding hydrogens is 364 g/mol. The maximum absolute atomic E-state index is 12.5. The maximum atomic E-state index is 12.5. The van der Waals surface area contributed by atoms with E-state index in [1.807, 2.05) is 49.3 Å². The summed E-state index contributed by atoms with van der Waals surface area (Å²) in [5.41, 5.74) is 5.71. The van der Waals surface area contributed by atoms with Gasteiger partial charge in [-0.15, -0.1) is 0 Å². The van der Waals surface area contributed by atoms with E-state index in [4.69, 9.17) is 0 Å². The molecule has 0 saturated carbocycles. The standard InChI is InChI=1S/C23H22N4O2/c1-27(2)19-14-12-17(13-15-19)16-24-26-23(29)20-10-6-7-11-21(20)25-22(28)18-8-4-3-5-9-18/h3-16H,1-2H3,(H,25,28)(H,26,29). The van der Waals surface area contributed by atoms with Gasteiger partial charge in [-0.1, -0.05) is 42.5 Å². The van der Waals surface area contributed by atoms with E-state index in [1.165, 1.54) is 0 Å². The molecule has 2 amide bonds. The van der Waals surface area contributed by atoms with Crippen molar-refractivity contribution in [3.8, 4) is 0 Å². The molecule has 3 aromatic carbocycles. The highest BCUT2D eigenvalue weighted by Crippen LogP contribution is 2.16. The third kappa shape index (κ3) is 5.29. The Hall–Kier alpha value is -3.93. The summed E-state index contributed by atoms with van der Waals surface area (Å²) in [5, 5.41) is 6.80. The highest BCUT2D eigenvalue weighted by Gasteiger charge is 2.13. The number of rotatable bonds is 6. The number of benzene rings is 3. The van der Waals surface area contributed by atoms with Crippen molar-refractivity contribution >= 4 is 29.4 Å². The van der Waals surface area contributed by atoms with Crippen LogP contribution in [-0.4, -0.2) is 32.1 Å². The third-order valence-corrected chi connectivity index (χ3v) is 4.25. The lowest BCUT2D eigenvalue weighted by Gasteiger charge is -2.11. The quantitative estimate of drug-likeness (QED) is 0.500. The van der Waals surface area contributed by atoms with E-state index in [0.29, 0.717) is 16.8 Å². The molecule has 6 nitrogen and oxygen atoms in total. The number of para-hydroxylation sites is 1. The van der Waals surface area contributed by atoms with Crippen molar-refractivity contribution in [2.75, 3.05) is 24.3 Å². The molecule has 0 atom stereocenters. The number of hydrogen-bond donors (Lipinski definition) is 2. The lowest BCUT2D eigenvalue weighted by atomic mass is 10.1. The number of nitrogens with zero attached hydrogens (tertiary/aromatic N) is 2. The summed E-state index contributed by atoms with van der Waals surface area (Å²) in [6.07, 6.45) is 1.57. The Labute approximate surface area is 169 Å². The first kappa shape index (κ1) is 19.8. The Morgan fingerprint density at radius 3 is 2.17 bits per heavy atom. The molecule has 0 aromatic heterocycles. The van der Waals surface area contributed by atoms with Gasteiger partial charge in [0.25, 0.3) is 11.8 Å². The van der Waals surface area contributed by atoms with Crippen LogP contribution in [0.2, 0.25) is 0 Å². The monoisotopic (exact) mass is 386 g/mol. The van der Waals surface area contributed by atoms with Crippen LogP contribution in [0.4, 0.5) is 11.4 Å². The summed E-state index contributed by atoms with van der Waals surface area (Å²) in [4.78, 5) is 26.9. The van der Waals surface area contributed by atoms with Gasteiger partial charge in [-0.25, -0.2) is 5.43 Å². The second kappa shape index (κ2) is 9.32. The second-order valence-corrected chi connectivity index (χ2v) is 6.55. The van der Waals surface area contributed by atoms with Crippen LogP contribution in [0.3, 0.4) is 0 Å². The lowest BCUT2D eigenvalue weighted by molar-refractivity contribution is 0.0956. The molecule has 0 radical (unpaired) electrons. The van der Waals surface area contributed by atoms with Gasteiger partial charge in [0.05, 0.1) is 17.5 Å². The number of hydrogen-bond acceptors (Lipinski definition) is 4. The van der Waals surface area contributed by atoms with E-state index >= 15 is 0 Å². The maximum Gasteiger partial charge on any atom is 0.273 e. The van der Waals surface area contributed by atoms with E-state index in [-0.39, 0.29) is 5.91 Å². The normalized spacial score (nSPS) is 10.6. The van der Waals surface area contributed by atoms with Gasteiger partial charge in [0.2, 0.25) is 0 Å². The van der Waals surface area contributed by atoms with Crippen molar-refractivity contribution in [1.82, 2.24) is 5.43 Å². The molecule has 3 aromatic rings. The minimum Gasteiger partial charge on any atom is -0.378 e. The van der Waals surface area contributed by atoms with Gasteiger partial charge in [-0.3, -0.25) is 9.59 Å². The SMILES string of the molecule is CN(C)c1ccc(C=NNC(=O)c2ccccc2NC(=O)c2ccccc2)cc1.